The highest BCUT2D eigenvalue weighted by molar-refractivity contribution is 5.92. The van der Waals surface area contributed by atoms with Gasteiger partial charge in [0.05, 0.1) is 29.3 Å². The van der Waals surface area contributed by atoms with Crippen molar-refractivity contribution in [2.24, 2.45) is 0 Å². The molecule has 0 radical (unpaired) electrons. The van der Waals surface area contributed by atoms with Gasteiger partial charge in [-0.05, 0) is 90.7 Å². The maximum Gasteiger partial charge on any atom is 0.343 e. The Bertz CT molecular complexity index is 1530. The highest BCUT2D eigenvalue weighted by Crippen LogP contribution is 2.34. The normalized spacial score (nSPS) is 10.6. The second kappa shape index (κ2) is 15.2. The van der Waals surface area contributed by atoms with Crippen molar-refractivity contribution >= 4 is 17.6 Å². The van der Waals surface area contributed by atoms with Crippen molar-refractivity contribution < 1.29 is 33.5 Å². The van der Waals surface area contributed by atoms with Crippen molar-refractivity contribution in [2.45, 2.75) is 39.5 Å². The monoisotopic (exact) mass is 583 g/mol. The van der Waals surface area contributed by atoms with E-state index in [0.717, 1.165) is 25.7 Å². The molecule has 0 spiro atoms. The van der Waals surface area contributed by atoms with Gasteiger partial charge in [-0.1, -0.05) is 44.9 Å². The Morgan fingerprint density at radius 3 is 1.58 bits per heavy atom. The number of ether oxygens (including phenoxy) is 4. The van der Waals surface area contributed by atoms with E-state index in [2.05, 4.69) is 13.8 Å². The Balaban J connectivity index is 1.40. The number of nitrogens with zero attached hydrogens (tertiary/aromatic N) is 1. The molecule has 222 valence electrons. The minimum absolute atomic E-state index is 0.172. The highest BCUT2D eigenvalue weighted by Gasteiger charge is 2.20. The van der Waals surface area contributed by atoms with Crippen LogP contribution in [0.3, 0.4) is 0 Å². The molecule has 4 aromatic rings. The Hall–Kier alpha value is -5.18. The third-order valence-corrected chi connectivity index (χ3v) is 6.47. The van der Waals surface area contributed by atoms with Crippen molar-refractivity contribution in [1.82, 2.24) is 0 Å². The summed E-state index contributed by atoms with van der Waals surface area (Å²) in [6.07, 6.45) is 3.92. The first-order chi connectivity index (χ1) is 20.9. The zero-order valence-corrected chi connectivity index (χ0v) is 24.1. The largest absolute Gasteiger partial charge is 0.494 e. The molecule has 0 heterocycles. The first-order valence-electron chi connectivity index (χ1n) is 14.2. The van der Waals surface area contributed by atoms with E-state index >= 15 is 0 Å². The van der Waals surface area contributed by atoms with Crippen LogP contribution in [0.5, 0.6) is 23.0 Å². The summed E-state index contributed by atoms with van der Waals surface area (Å²) in [5.41, 5.74) is 1.43. The minimum Gasteiger partial charge on any atom is -0.494 e. The van der Waals surface area contributed by atoms with Crippen LogP contribution in [0.25, 0.3) is 11.1 Å². The molecule has 0 aliphatic heterocycles. The summed E-state index contributed by atoms with van der Waals surface area (Å²) >= 11 is 0. The van der Waals surface area contributed by atoms with Crippen molar-refractivity contribution in [3.8, 4) is 34.1 Å². The SMILES string of the molecule is CCCCOc1ccc(C(=O)Oc2ccc(-c3ccc(OC(=O)c4ccc(OCCCC)cc4)c([N+](=O)[O-])c3)cc2)cc1. The van der Waals surface area contributed by atoms with Crippen LogP contribution in [0.1, 0.15) is 60.2 Å². The van der Waals surface area contributed by atoms with Crippen LogP contribution >= 0.6 is 0 Å². The van der Waals surface area contributed by atoms with Gasteiger partial charge in [-0.3, -0.25) is 10.1 Å². The Labute approximate surface area is 250 Å². The molecule has 9 nitrogen and oxygen atoms in total. The average molecular weight is 584 g/mol. The number of hydrogen-bond acceptors (Lipinski definition) is 8. The van der Waals surface area contributed by atoms with Gasteiger partial charge < -0.3 is 18.9 Å². The second-order valence-corrected chi connectivity index (χ2v) is 9.70. The number of carbonyl (C=O) groups is 2. The summed E-state index contributed by atoms with van der Waals surface area (Å²) in [7, 11) is 0. The maximum absolute atomic E-state index is 12.7. The molecule has 0 bridgehead atoms. The van der Waals surface area contributed by atoms with E-state index in [9.17, 15) is 19.7 Å². The van der Waals surface area contributed by atoms with E-state index in [-0.39, 0.29) is 17.0 Å². The maximum atomic E-state index is 12.7. The van der Waals surface area contributed by atoms with Gasteiger partial charge >= 0.3 is 17.6 Å². The van der Waals surface area contributed by atoms with E-state index < -0.39 is 16.9 Å². The van der Waals surface area contributed by atoms with Gasteiger partial charge in [0.2, 0.25) is 5.75 Å². The lowest BCUT2D eigenvalue weighted by Gasteiger charge is -2.09. The number of carbonyl (C=O) groups excluding carboxylic acids is 2. The first-order valence-corrected chi connectivity index (χ1v) is 14.2. The molecular formula is C34H33NO8. The van der Waals surface area contributed by atoms with Gasteiger partial charge in [-0.15, -0.1) is 0 Å². The third kappa shape index (κ3) is 8.65. The molecule has 4 rings (SSSR count). The summed E-state index contributed by atoms with van der Waals surface area (Å²) in [4.78, 5) is 36.5. The number of esters is 2. The zero-order valence-electron chi connectivity index (χ0n) is 24.1. The van der Waals surface area contributed by atoms with Gasteiger partial charge in [-0.2, -0.15) is 0 Å². The van der Waals surface area contributed by atoms with Gasteiger partial charge in [0, 0.05) is 6.07 Å². The minimum atomic E-state index is -0.721. The summed E-state index contributed by atoms with van der Waals surface area (Å²) in [5, 5.41) is 11.8. The van der Waals surface area contributed by atoms with Gasteiger partial charge in [0.15, 0.2) is 0 Å². The molecule has 43 heavy (non-hydrogen) atoms. The van der Waals surface area contributed by atoms with Crippen LogP contribution in [0.4, 0.5) is 5.69 Å². The number of rotatable bonds is 14. The van der Waals surface area contributed by atoms with Crippen LogP contribution in [0.2, 0.25) is 0 Å². The predicted molar refractivity (Wildman–Crippen MR) is 162 cm³/mol. The number of benzene rings is 4. The van der Waals surface area contributed by atoms with Crippen molar-refractivity contribution in [3.05, 3.63) is 112 Å². The summed E-state index contributed by atoms with van der Waals surface area (Å²) in [5.74, 6) is 0.219. The van der Waals surface area contributed by atoms with E-state index in [0.29, 0.717) is 47.2 Å². The molecule has 0 fully saturated rings. The van der Waals surface area contributed by atoms with Crippen LogP contribution < -0.4 is 18.9 Å². The fourth-order valence-electron chi connectivity index (χ4n) is 4.01. The predicted octanol–water partition coefficient (Wildman–Crippen LogP) is 8.06. The highest BCUT2D eigenvalue weighted by atomic mass is 16.6. The Morgan fingerprint density at radius 1 is 0.628 bits per heavy atom. The molecular weight excluding hydrogens is 550 g/mol. The van der Waals surface area contributed by atoms with Crippen molar-refractivity contribution in [2.75, 3.05) is 13.2 Å². The van der Waals surface area contributed by atoms with Gasteiger partial charge in [0.25, 0.3) is 0 Å². The fourth-order valence-corrected chi connectivity index (χ4v) is 4.01. The lowest BCUT2D eigenvalue weighted by atomic mass is 10.0. The van der Waals surface area contributed by atoms with Crippen molar-refractivity contribution in [3.63, 3.8) is 0 Å². The average Bonchev–Trinajstić information content (AvgIpc) is 3.02. The molecule has 0 saturated carbocycles. The lowest BCUT2D eigenvalue weighted by Crippen LogP contribution is -2.10. The number of unbranched alkanes of at least 4 members (excludes halogenated alkanes) is 2. The summed E-state index contributed by atoms with van der Waals surface area (Å²) in [6.45, 7) is 5.35. The zero-order chi connectivity index (χ0) is 30.6. The molecule has 0 aliphatic rings. The summed E-state index contributed by atoms with van der Waals surface area (Å²) in [6, 6.07) is 24.1. The van der Waals surface area contributed by atoms with Gasteiger partial charge in [-0.25, -0.2) is 9.59 Å². The van der Waals surface area contributed by atoms with Crippen LogP contribution in [-0.4, -0.2) is 30.1 Å². The second-order valence-electron chi connectivity index (χ2n) is 9.70. The van der Waals surface area contributed by atoms with Crippen LogP contribution in [-0.2, 0) is 0 Å². The molecule has 0 atom stereocenters. The number of nitro groups is 1. The molecule has 0 aliphatic carbocycles. The van der Waals surface area contributed by atoms with E-state index in [4.69, 9.17) is 18.9 Å². The van der Waals surface area contributed by atoms with Gasteiger partial charge in [0.1, 0.15) is 17.2 Å². The van der Waals surface area contributed by atoms with Crippen LogP contribution in [0, 0.1) is 10.1 Å². The number of hydrogen-bond donors (Lipinski definition) is 0. The molecule has 9 heteroatoms. The molecule has 0 saturated heterocycles. The third-order valence-electron chi connectivity index (χ3n) is 6.47. The van der Waals surface area contributed by atoms with E-state index in [1.54, 1.807) is 78.9 Å². The van der Waals surface area contributed by atoms with Crippen molar-refractivity contribution in [1.29, 1.82) is 0 Å². The van der Waals surface area contributed by atoms with Crippen LogP contribution in [0.15, 0.2) is 91.0 Å². The lowest BCUT2D eigenvalue weighted by molar-refractivity contribution is -0.385. The van der Waals surface area contributed by atoms with E-state index in [1.807, 2.05) is 0 Å². The molecule has 0 N–H and O–H groups in total. The molecule has 0 unspecified atom stereocenters. The first kappa shape index (κ1) is 30.8. The Kier molecular flexibility index (Phi) is 10.9. The molecule has 0 amide bonds. The molecule has 0 aromatic heterocycles. The standard InChI is InChI=1S/C34H33NO8/c1-3-5-21-40-28-14-9-25(10-15-28)33(36)42-30-18-7-24(8-19-30)27-13-20-32(31(23-27)35(38)39)43-34(37)26-11-16-29(17-12-26)41-22-6-4-2/h7-20,23H,3-6,21-22H2,1-2H3. The summed E-state index contributed by atoms with van der Waals surface area (Å²) < 4.78 is 22.1. The quantitative estimate of drug-likeness (QED) is 0.0481. The number of nitro benzene ring substituents is 1. The fraction of sp³-hybridized carbons (Fsp3) is 0.235. The topological polar surface area (TPSA) is 114 Å². The smallest absolute Gasteiger partial charge is 0.343 e. The molecule has 4 aromatic carbocycles. The van der Waals surface area contributed by atoms with E-state index in [1.165, 1.54) is 12.1 Å². The Morgan fingerprint density at radius 2 is 1.09 bits per heavy atom.